The first-order chi connectivity index (χ1) is 20.2. The summed E-state index contributed by atoms with van der Waals surface area (Å²) in [4.78, 5) is 21.1. The standard InChI is InChI=1S/C31H29F3N6O2/c1-38-19-35-37-28(38)13-30(17-42-18-30)24-7-6-23-16-40(29(41)25(23)12-24)27-11-20(10-26(36-27)31(32,33)34)14-39-9-8-21-4-2-3-5-22(21)15-39/h2-7,10-12,19H,8-9,13-18H2,1H3. The predicted octanol–water partition coefficient (Wildman–Crippen LogP) is 4.46. The number of alkyl halides is 3. The Labute approximate surface area is 240 Å². The summed E-state index contributed by atoms with van der Waals surface area (Å²) >= 11 is 0. The van der Waals surface area contributed by atoms with Gasteiger partial charge < -0.3 is 9.30 Å². The van der Waals surface area contributed by atoms with Crippen LogP contribution < -0.4 is 4.90 Å². The number of carbonyl (C=O) groups excluding carboxylic acids is 1. The fraction of sp³-hybridized carbons (Fsp3) is 0.355. The lowest BCUT2D eigenvalue weighted by Crippen LogP contribution is -2.49. The summed E-state index contributed by atoms with van der Waals surface area (Å²) < 4.78 is 49.4. The van der Waals surface area contributed by atoms with Crippen LogP contribution in [0.4, 0.5) is 19.0 Å². The summed E-state index contributed by atoms with van der Waals surface area (Å²) in [6.07, 6.45) is -1.56. The van der Waals surface area contributed by atoms with Gasteiger partial charge in [0.2, 0.25) is 0 Å². The number of anilines is 1. The number of hydrogen-bond donors (Lipinski definition) is 0. The van der Waals surface area contributed by atoms with E-state index in [-0.39, 0.29) is 23.7 Å². The number of carbonyl (C=O) groups is 1. The van der Waals surface area contributed by atoms with Crippen molar-refractivity contribution in [3.05, 3.63) is 106 Å². The zero-order chi connectivity index (χ0) is 29.1. The normalized spacial score (nSPS) is 18.1. The highest BCUT2D eigenvalue weighted by atomic mass is 19.4. The van der Waals surface area contributed by atoms with E-state index in [1.54, 1.807) is 12.4 Å². The molecular weight excluding hydrogens is 545 g/mol. The molecule has 1 amide bonds. The van der Waals surface area contributed by atoms with E-state index in [0.29, 0.717) is 43.9 Å². The maximum absolute atomic E-state index is 14.0. The molecule has 2 aromatic carbocycles. The molecule has 0 N–H and O–H groups in total. The van der Waals surface area contributed by atoms with Crippen molar-refractivity contribution in [2.45, 2.75) is 44.1 Å². The molecule has 216 valence electrons. The van der Waals surface area contributed by atoms with E-state index in [9.17, 15) is 18.0 Å². The highest BCUT2D eigenvalue weighted by Gasteiger charge is 2.43. The fourth-order valence-corrected chi connectivity index (χ4v) is 6.20. The first-order valence-corrected chi connectivity index (χ1v) is 13.9. The molecule has 2 aromatic heterocycles. The molecule has 1 fully saturated rings. The average molecular weight is 575 g/mol. The van der Waals surface area contributed by atoms with Crippen molar-refractivity contribution in [2.75, 3.05) is 24.7 Å². The second-order valence-corrected chi connectivity index (χ2v) is 11.5. The van der Waals surface area contributed by atoms with Gasteiger partial charge in [0.15, 0.2) is 0 Å². The largest absolute Gasteiger partial charge is 0.433 e. The van der Waals surface area contributed by atoms with Gasteiger partial charge in [-0.1, -0.05) is 36.4 Å². The molecule has 0 spiro atoms. The van der Waals surface area contributed by atoms with Crippen molar-refractivity contribution >= 4 is 11.7 Å². The summed E-state index contributed by atoms with van der Waals surface area (Å²) in [5.41, 5.74) is 3.76. The van der Waals surface area contributed by atoms with Crippen LogP contribution in [0.2, 0.25) is 0 Å². The molecule has 8 nitrogen and oxygen atoms in total. The zero-order valence-electron chi connectivity index (χ0n) is 23.1. The number of halogens is 3. The van der Waals surface area contributed by atoms with Gasteiger partial charge in [-0.2, -0.15) is 13.2 Å². The minimum Gasteiger partial charge on any atom is -0.379 e. The van der Waals surface area contributed by atoms with Crippen molar-refractivity contribution in [3.63, 3.8) is 0 Å². The van der Waals surface area contributed by atoms with E-state index < -0.39 is 11.9 Å². The third-order valence-corrected chi connectivity index (χ3v) is 8.64. The fourth-order valence-electron chi connectivity index (χ4n) is 6.20. The van der Waals surface area contributed by atoms with Crippen molar-refractivity contribution in [1.29, 1.82) is 0 Å². The van der Waals surface area contributed by atoms with Gasteiger partial charge >= 0.3 is 6.18 Å². The predicted molar refractivity (Wildman–Crippen MR) is 148 cm³/mol. The Hall–Kier alpha value is -4.09. The highest BCUT2D eigenvalue weighted by molar-refractivity contribution is 6.09. The second-order valence-electron chi connectivity index (χ2n) is 11.5. The van der Waals surface area contributed by atoms with Gasteiger partial charge in [-0.25, -0.2) is 4.98 Å². The summed E-state index contributed by atoms with van der Waals surface area (Å²) in [6.45, 7) is 2.85. The van der Waals surface area contributed by atoms with Gasteiger partial charge in [-0.05, 0) is 52.4 Å². The molecule has 11 heteroatoms. The Morgan fingerprint density at radius 2 is 1.81 bits per heavy atom. The second kappa shape index (κ2) is 10.0. The van der Waals surface area contributed by atoms with Crippen LogP contribution in [0, 0.1) is 0 Å². The van der Waals surface area contributed by atoms with Crippen LogP contribution >= 0.6 is 0 Å². The van der Waals surface area contributed by atoms with E-state index >= 15 is 0 Å². The number of rotatable bonds is 6. The van der Waals surface area contributed by atoms with Crippen LogP contribution in [-0.2, 0) is 55.9 Å². The Balaban J connectivity index is 1.17. The Morgan fingerprint density at radius 1 is 1.00 bits per heavy atom. The Bertz CT molecular complexity index is 1680. The molecule has 1 saturated heterocycles. The molecule has 5 heterocycles. The quantitative estimate of drug-likeness (QED) is 0.339. The summed E-state index contributed by atoms with van der Waals surface area (Å²) in [7, 11) is 1.88. The number of amides is 1. The summed E-state index contributed by atoms with van der Waals surface area (Å²) in [5, 5.41) is 8.19. The number of benzene rings is 2. The van der Waals surface area contributed by atoms with Gasteiger partial charge in [0.25, 0.3) is 5.91 Å². The number of pyridine rings is 1. The van der Waals surface area contributed by atoms with E-state index in [0.717, 1.165) is 36.0 Å². The van der Waals surface area contributed by atoms with Crippen LogP contribution in [0.25, 0.3) is 0 Å². The van der Waals surface area contributed by atoms with E-state index in [1.165, 1.54) is 16.0 Å². The van der Waals surface area contributed by atoms with Crippen molar-refractivity contribution < 1.29 is 22.7 Å². The third-order valence-electron chi connectivity index (χ3n) is 8.64. The zero-order valence-corrected chi connectivity index (χ0v) is 23.1. The van der Waals surface area contributed by atoms with Crippen molar-refractivity contribution in [2.24, 2.45) is 7.05 Å². The van der Waals surface area contributed by atoms with Gasteiger partial charge in [0, 0.05) is 44.1 Å². The molecule has 0 radical (unpaired) electrons. The minimum absolute atomic E-state index is 0.0146. The van der Waals surface area contributed by atoms with Gasteiger partial charge in [-0.3, -0.25) is 14.6 Å². The molecule has 7 rings (SSSR count). The van der Waals surface area contributed by atoms with Crippen LogP contribution in [0.3, 0.4) is 0 Å². The SMILES string of the molecule is Cn1cnnc1CC1(c2ccc3c(c2)C(=O)N(c2cc(CN4CCc5ccccc5C4)cc(C(F)(F)F)n2)C3)COC1. The molecule has 3 aliphatic rings. The smallest absolute Gasteiger partial charge is 0.379 e. The number of hydrogen-bond acceptors (Lipinski definition) is 6. The lowest BCUT2D eigenvalue weighted by molar-refractivity contribution is -0.141. The van der Waals surface area contributed by atoms with E-state index in [4.69, 9.17) is 4.74 Å². The van der Waals surface area contributed by atoms with Crippen molar-refractivity contribution in [3.8, 4) is 0 Å². The molecule has 0 saturated carbocycles. The van der Waals surface area contributed by atoms with Gasteiger partial charge in [0.05, 0.1) is 19.8 Å². The molecule has 0 aliphatic carbocycles. The van der Waals surface area contributed by atoms with Crippen molar-refractivity contribution in [1.82, 2.24) is 24.6 Å². The maximum Gasteiger partial charge on any atom is 0.433 e. The molecule has 3 aliphatic heterocycles. The average Bonchev–Trinajstić information content (AvgIpc) is 3.51. The topological polar surface area (TPSA) is 76.4 Å². The van der Waals surface area contributed by atoms with Gasteiger partial charge in [0.1, 0.15) is 23.7 Å². The number of nitrogens with zero attached hydrogens (tertiary/aromatic N) is 6. The number of aryl methyl sites for hydroxylation is 1. The first kappa shape index (κ1) is 26.8. The van der Waals surface area contributed by atoms with Crippen LogP contribution in [-0.4, -0.2) is 50.3 Å². The Kier molecular flexibility index (Phi) is 6.39. The third kappa shape index (κ3) is 4.76. The van der Waals surface area contributed by atoms with Crippen LogP contribution in [0.15, 0.2) is 60.9 Å². The molecule has 0 bridgehead atoms. The minimum atomic E-state index is -4.64. The lowest BCUT2D eigenvalue weighted by atomic mass is 9.75. The summed E-state index contributed by atoms with van der Waals surface area (Å²) in [6, 6.07) is 16.6. The van der Waals surface area contributed by atoms with E-state index in [1.807, 2.05) is 41.9 Å². The lowest BCUT2D eigenvalue weighted by Gasteiger charge is -2.41. The highest BCUT2D eigenvalue weighted by Crippen LogP contribution is 2.39. The molecule has 42 heavy (non-hydrogen) atoms. The Morgan fingerprint density at radius 3 is 2.52 bits per heavy atom. The number of ether oxygens (including phenoxy) is 1. The van der Waals surface area contributed by atoms with Crippen LogP contribution in [0.1, 0.15) is 49.7 Å². The number of fused-ring (bicyclic) bond motifs is 2. The molecule has 0 atom stereocenters. The number of aromatic nitrogens is 4. The molecule has 0 unspecified atom stereocenters. The monoisotopic (exact) mass is 574 g/mol. The van der Waals surface area contributed by atoms with Gasteiger partial charge in [-0.15, -0.1) is 10.2 Å². The maximum atomic E-state index is 14.0. The first-order valence-electron chi connectivity index (χ1n) is 13.9. The van der Waals surface area contributed by atoms with E-state index in [2.05, 4.69) is 32.2 Å². The molecular formula is C31H29F3N6O2. The van der Waals surface area contributed by atoms with Crippen LogP contribution in [0.5, 0.6) is 0 Å². The summed E-state index contributed by atoms with van der Waals surface area (Å²) in [5.74, 6) is 0.468. The molecule has 4 aromatic rings.